The molecule has 0 spiro atoms. The van der Waals surface area contributed by atoms with Crippen molar-refractivity contribution in [1.82, 2.24) is 10.2 Å². The van der Waals surface area contributed by atoms with Gasteiger partial charge in [-0.3, -0.25) is 0 Å². The molecule has 1 aliphatic carbocycles. The minimum atomic E-state index is -0.0465. The van der Waals surface area contributed by atoms with Crippen molar-refractivity contribution in [3.05, 3.63) is 35.1 Å². The zero-order valence-electron chi connectivity index (χ0n) is 12.4. The van der Waals surface area contributed by atoms with Gasteiger partial charge < -0.3 is 10.2 Å². The average Bonchev–Trinajstić information content (AvgIpc) is 2.73. The molecule has 2 nitrogen and oxygen atoms in total. The van der Waals surface area contributed by atoms with Crippen molar-refractivity contribution in [1.29, 1.82) is 0 Å². The Balaban J connectivity index is 2.01. The van der Waals surface area contributed by atoms with Crippen LogP contribution in [0.3, 0.4) is 0 Å². The molecule has 0 aliphatic heterocycles. The second-order valence-electron chi connectivity index (χ2n) is 6.08. The van der Waals surface area contributed by atoms with Gasteiger partial charge in [0.15, 0.2) is 0 Å². The Morgan fingerprint density at radius 2 is 2.11 bits per heavy atom. The molecule has 2 unspecified atom stereocenters. The summed E-state index contributed by atoms with van der Waals surface area (Å²) in [6, 6.07) is 6.27. The standard InChI is InChI=1S/C16H25FN2/c1-11(2)16(19(3)4)10-18-15-9-8-12-13(15)6-5-7-14(12)17/h5-7,11,15-16,18H,8-10H2,1-4H3. The Hall–Kier alpha value is -0.930. The lowest BCUT2D eigenvalue weighted by Gasteiger charge is -2.29. The van der Waals surface area contributed by atoms with Crippen LogP contribution in [0.2, 0.25) is 0 Å². The van der Waals surface area contributed by atoms with Crippen LogP contribution in [-0.2, 0) is 6.42 Å². The largest absolute Gasteiger partial charge is 0.308 e. The Labute approximate surface area is 116 Å². The Bertz CT molecular complexity index is 421. The minimum absolute atomic E-state index is 0.0465. The van der Waals surface area contributed by atoms with Crippen LogP contribution in [0.1, 0.15) is 37.4 Å². The molecular weight excluding hydrogens is 239 g/mol. The van der Waals surface area contributed by atoms with Crippen LogP contribution in [0.5, 0.6) is 0 Å². The topological polar surface area (TPSA) is 15.3 Å². The number of rotatable bonds is 5. The molecule has 0 radical (unpaired) electrons. The molecule has 0 saturated carbocycles. The molecule has 0 fully saturated rings. The third-order valence-corrected chi connectivity index (χ3v) is 4.22. The maximum Gasteiger partial charge on any atom is 0.126 e. The lowest BCUT2D eigenvalue weighted by atomic mass is 10.0. The summed E-state index contributed by atoms with van der Waals surface area (Å²) in [5.41, 5.74) is 2.06. The van der Waals surface area contributed by atoms with Gasteiger partial charge in [-0.15, -0.1) is 0 Å². The van der Waals surface area contributed by atoms with E-state index < -0.39 is 0 Å². The second-order valence-corrected chi connectivity index (χ2v) is 6.08. The van der Waals surface area contributed by atoms with E-state index >= 15 is 0 Å². The van der Waals surface area contributed by atoms with E-state index in [-0.39, 0.29) is 5.82 Å². The van der Waals surface area contributed by atoms with E-state index in [1.807, 2.05) is 6.07 Å². The molecule has 0 bridgehead atoms. The van der Waals surface area contributed by atoms with Gasteiger partial charge in [0.25, 0.3) is 0 Å². The van der Waals surface area contributed by atoms with Crippen LogP contribution in [-0.4, -0.2) is 31.6 Å². The number of benzene rings is 1. The molecule has 0 amide bonds. The molecule has 1 aromatic rings. The fourth-order valence-electron chi connectivity index (χ4n) is 3.10. The summed E-state index contributed by atoms with van der Waals surface area (Å²) in [4.78, 5) is 2.26. The lowest BCUT2D eigenvalue weighted by molar-refractivity contribution is 0.218. The number of nitrogens with zero attached hydrogens (tertiary/aromatic N) is 1. The van der Waals surface area contributed by atoms with Crippen LogP contribution >= 0.6 is 0 Å². The van der Waals surface area contributed by atoms with Crippen LogP contribution < -0.4 is 5.32 Å². The third kappa shape index (κ3) is 3.15. The number of hydrogen-bond acceptors (Lipinski definition) is 2. The van der Waals surface area contributed by atoms with Gasteiger partial charge in [-0.1, -0.05) is 26.0 Å². The molecule has 0 heterocycles. The van der Waals surface area contributed by atoms with Gasteiger partial charge in [0, 0.05) is 18.6 Å². The lowest BCUT2D eigenvalue weighted by Crippen LogP contribution is -2.42. The Morgan fingerprint density at radius 3 is 2.74 bits per heavy atom. The first-order chi connectivity index (χ1) is 9.00. The van der Waals surface area contributed by atoms with Crippen LogP contribution in [0.15, 0.2) is 18.2 Å². The molecule has 1 N–H and O–H groups in total. The van der Waals surface area contributed by atoms with Gasteiger partial charge in [-0.05, 0) is 50.0 Å². The molecule has 19 heavy (non-hydrogen) atoms. The molecule has 3 heteroatoms. The van der Waals surface area contributed by atoms with Gasteiger partial charge in [-0.25, -0.2) is 4.39 Å². The molecule has 2 rings (SSSR count). The Morgan fingerprint density at radius 1 is 1.37 bits per heavy atom. The summed E-state index contributed by atoms with van der Waals surface area (Å²) in [5.74, 6) is 0.561. The minimum Gasteiger partial charge on any atom is -0.308 e. The van der Waals surface area contributed by atoms with Gasteiger partial charge in [0.2, 0.25) is 0 Å². The summed E-state index contributed by atoms with van der Waals surface area (Å²) < 4.78 is 13.7. The smallest absolute Gasteiger partial charge is 0.126 e. The van der Waals surface area contributed by atoms with Crippen molar-refractivity contribution in [3.8, 4) is 0 Å². The van der Waals surface area contributed by atoms with Crippen LogP contribution in [0.25, 0.3) is 0 Å². The van der Waals surface area contributed by atoms with Crippen molar-refractivity contribution >= 4 is 0 Å². The first-order valence-electron chi connectivity index (χ1n) is 7.17. The molecule has 1 aliphatic rings. The van der Waals surface area contributed by atoms with Crippen molar-refractivity contribution in [2.24, 2.45) is 5.92 Å². The highest BCUT2D eigenvalue weighted by atomic mass is 19.1. The fraction of sp³-hybridized carbons (Fsp3) is 0.625. The van der Waals surface area contributed by atoms with E-state index in [4.69, 9.17) is 0 Å². The molecule has 0 saturated heterocycles. The predicted molar refractivity (Wildman–Crippen MR) is 77.8 cm³/mol. The normalized spacial score (nSPS) is 20.1. The zero-order chi connectivity index (χ0) is 14.0. The van der Waals surface area contributed by atoms with Crippen molar-refractivity contribution in [2.75, 3.05) is 20.6 Å². The van der Waals surface area contributed by atoms with E-state index in [1.165, 1.54) is 0 Å². The first-order valence-corrected chi connectivity index (χ1v) is 7.17. The summed E-state index contributed by atoms with van der Waals surface area (Å²) in [5, 5.41) is 3.62. The van der Waals surface area contributed by atoms with Gasteiger partial charge in [-0.2, -0.15) is 0 Å². The Kier molecular flexibility index (Phi) is 4.58. The van der Waals surface area contributed by atoms with Gasteiger partial charge in [0.1, 0.15) is 5.82 Å². The quantitative estimate of drug-likeness (QED) is 0.879. The highest BCUT2D eigenvalue weighted by Gasteiger charge is 2.26. The zero-order valence-corrected chi connectivity index (χ0v) is 12.4. The van der Waals surface area contributed by atoms with Gasteiger partial charge >= 0.3 is 0 Å². The molecular formula is C16H25FN2. The number of fused-ring (bicyclic) bond motifs is 1. The SMILES string of the molecule is CC(C)C(CNC1CCc2c(F)cccc21)N(C)C. The molecule has 2 atom stereocenters. The summed E-state index contributed by atoms with van der Waals surface area (Å²) in [6.45, 7) is 5.44. The number of nitrogens with one attached hydrogen (secondary N) is 1. The maximum atomic E-state index is 13.7. The summed E-state index contributed by atoms with van der Waals surface area (Å²) >= 11 is 0. The monoisotopic (exact) mass is 264 g/mol. The summed E-state index contributed by atoms with van der Waals surface area (Å²) in [7, 11) is 4.24. The molecule has 0 aromatic heterocycles. The van der Waals surface area contributed by atoms with Crippen molar-refractivity contribution in [2.45, 2.75) is 38.8 Å². The molecule has 106 valence electrons. The fourth-order valence-corrected chi connectivity index (χ4v) is 3.10. The molecule has 1 aromatic carbocycles. The number of likely N-dealkylation sites (N-methyl/N-ethyl adjacent to an activating group) is 1. The average molecular weight is 264 g/mol. The van der Waals surface area contributed by atoms with E-state index in [0.717, 1.165) is 30.5 Å². The van der Waals surface area contributed by atoms with E-state index in [2.05, 4.69) is 44.2 Å². The first kappa shape index (κ1) is 14.5. The third-order valence-electron chi connectivity index (χ3n) is 4.22. The predicted octanol–water partition coefficient (Wildman–Crippen LogP) is 2.99. The highest BCUT2D eigenvalue weighted by Crippen LogP contribution is 2.32. The van der Waals surface area contributed by atoms with Gasteiger partial charge in [0.05, 0.1) is 0 Å². The number of halogens is 1. The van der Waals surface area contributed by atoms with Crippen LogP contribution in [0.4, 0.5) is 4.39 Å². The maximum absolute atomic E-state index is 13.7. The van der Waals surface area contributed by atoms with Crippen LogP contribution in [0, 0.1) is 11.7 Å². The van der Waals surface area contributed by atoms with Crippen molar-refractivity contribution in [3.63, 3.8) is 0 Å². The van der Waals surface area contributed by atoms with Crippen molar-refractivity contribution < 1.29 is 4.39 Å². The van der Waals surface area contributed by atoms with E-state index in [0.29, 0.717) is 18.0 Å². The highest BCUT2D eigenvalue weighted by molar-refractivity contribution is 5.35. The van der Waals surface area contributed by atoms with E-state index in [1.54, 1.807) is 6.07 Å². The second kappa shape index (κ2) is 6.02. The summed E-state index contributed by atoms with van der Waals surface area (Å²) in [6.07, 6.45) is 1.86. The number of hydrogen-bond donors (Lipinski definition) is 1. The van der Waals surface area contributed by atoms with E-state index in [9.17, 15) is 4.39 Å².